The number of carbonyl (C=O) groups excluding carboxylic acids is 2. The molecule has 0 aliphatic heterocycles. The summed E-state index contributed by atoms with van der Waals surface area (Å²) in [5, 5.41) is 32.7. The highest BCUT2D eigenvalue weighted by molar-refractivity contribution is 5.96. The molecule has 1 aromatic rings. The van der Waals surface area contributed by atoms with E-state index in [0.29, 0.717) is 37.5 Å². The van der Waals surface area contributed by atoms with Gasteiger partial charge < -0.3 is 26.3 Å². The van der Waals surface area contributed by atoms with Crippen LogP contribution in [0.2, 0.25) is 0 Å². The molecule has 0 saturated heterocycles. The van der Waals surface area contributed by atoms with Crippen molar-refractivity contribution in [3.05, 3.63) is 35.4 Å². The molecule has 1 saturated carbocycles. The van der Waals surface area contributed by atoms with E-state index in [2.05, 4.69) is 10.6 Å². The Morgan fingerprint density at radius 2 is 1.94 bits per heavy atom. The number of nitrogens with one attached hydrogen (secondary N) is 3. The van der Waals surface area contributed by atoms with Crippen molar-refractivity contribution in [2.45, 2.75) is 57.3 Å². The Bertz CT molecular complexity index is 805. The van der Waals surface area contributed by atoms with Crippen LogP contribution in [0.25, 0.3) is 0 Å². The lowest BCUT2D eigenvalue weighted by Gasteiger charge is -2.38. The lowest BCUT2D eigenvalue weighted by Crippen LogP contribution is -2.45. The Kier molecular flexibility index (Phi) is 8.19. The van der Waals surface area contributed by atoms with Crippen molar-refractivity contribution >= 4 is 17.5 Å². The average molecular weight is 443 g/mol. The van der Waals surface area contributed by atoms with Crippen molar-refractivity contribution in [3.8, 4) is 0 Å². The molecule has 31 heavy (non-hydrogen) atoms. The number of alkyl halides is 3. The van der Waals surface area contributed by atoms with Crippen molar-refractivity contribution < 1.29 is 33.0 Å². The number of halogens is 3. The molecule has 1 aliphatic rings. The van der Waals surface area contributed by atoms with Crippen LogP contribution in [0.4, 0.5) is 13.2 Å². The maximum atomic E-state index is 12.8. The minimum absolute atomic E-state index is 0.198. The zero-order chi connectivity index (χ0) is 23.2. The molecule has 172 valence electrons. The van der Waals surface area contributed by atoms with Crippen molar-refractivity contribution in [1.82, 2.24) is 10.6 Å². The van der Waals surface area contributed by atoms with Crippen LogP contribution in [-0.2, 0) is 11.0 Å². The summed E-state index contributed by atoms with van der Waals surface area (Å²) >= 11 is 0. The predicted molar refractivity (Wildman–Crippen MR) is 108 cm³/mol. The third-order valence-corrected chi connectivity index (χ3v) is 5.63. The van der Waals surface area contributed by atoms with E-state index >= 15 is 0 Å². The summed E-state index contributed by atoms with van der Waals surface area (Å²) in [6, 6.07) is 3.47. The number of carbonyl (C=O) groups is 2. The van der Waals surface area contributed by atoms with Crippen LogP contribution >= 0.6 is 0 Å². The normalized spacial score (nSPS) is 22.5. The number of aliphatic hydroxyl groups excluding tert-OH is 2. The molecular formula is C21H28F3N3O4. The quantitative estimate of drug-likeness (QED) is 0.396. The molecule has 1 aliphatic carbocycles. The minimum atomic E-state index is -4.57. The Morgan fingerprint density at radius 3 is 2.52 bits per heavy atom. The lowest BCUT2D eigenvalue weighted by molar-refractivity contribution is -0.137. The van der Waals surface area contributed by atoms with Gasteiger partial charge in [0.25, 0.3) is 5.91 Å². The molecule has 0 aromatic heterocycles. The van der Waals surface area contributed by atoms with Gasteiger partial charge in [0.05, 0.1) is 24.8 Å². The minimum Gasteiger partial charge on any atom is -0.395 e. The van der Waals surface area contributed by atoms with Gasteiger partial charge in [-0.3, -0.25) is 9.59 Å². The number of benzene rings is 1. The number of hydrogen-bond acceptors (Lipinski definition) is 5. The summed E-state index contributed by atoms with van der Waals surface area (Å²) < 4.78 is 38.3. The SMILES string of the molecule is C[C@H](CC(=N)C1(CO)CCC(O)CC1)NC(=O)CNC(=O)c1cccc(C(F)(F)F)c1. The maximum absolute atomic E-state index is 12.8. The average Bonchev–Trinajstić information content (AvgIpc) is 2.72. The molecule has 0 unspecified atom stereocenters. The smallest absolute Gasteiger partial charge is 0.395 e. The van der Waals surface area contributed by atoms with E-state index in [1.165, 1.54) is 6.07 Å². The first-order valence-corrected chi connectivity index (χ1v) is 10.1. The van der Waals surface area contributed by atoms with E-state index in [1.54, 1.807) is 6.92 Å². The zero-order valence-electron chi connectivity index (χ0n) is 17.3. The molecule has 7 nitrogen and oxygen atoms in total. The molecule has 10 heteroatoms. The molecule has 0 bridgehead atoms. The second kappa shape index (κ2) is 10.2. The first-order chi connectivity index (χ1) is 14.5. The van der Waals surface area contributed by atoms with Gasteiger partial charge in [-0.1, -0.05) is 6.07 Å². The van der Waals surface area contributed by atoms with Crippen molar-refractivity contribution in [1.29, 1.82) is 5.41 Å². The summed E-state index contributed by atoms with van der Waals surface area (Å²) in [7, 11) is 0. The van der Waals surface area contributed by atoms with E-state index in [9.17, 15) is 33.0 Å². The van der Waals surface area contributed by atoms with Gasteiger partial charge in [-0.25, -0.2) is 0 Å². The van der Waals surface area contributed by atoms with E-state index in [4.69, 9.17) is 5.41 Å². The highest BCUT2D eigenvalue weighted by Gasteiger charge is 2.38. The Labute approximate surface area is 178 Å². The summed E-state index contributed by atoms with van der Waals surface area (Å²) in [5.41, 5.74) is -1.56. The van der Waals surface area contributed by atoms with Gasteiger partial charge >= 0.3 is 6.18 Å². The predicted octanol–water partition coefficient (Wildman–Crippen LogP) is 2.26. The largest absolute Gasteiger partial charge is 0.416 e. The fraction of sp³-hybridized carbons (Fsp3) is 0.571. The number of aliphatic hydroxyl groups is 2. The van der Waals surface area contributed by atoms with Gasteiger partial charge in [0.15, 0.2) is 0 Å². The number of amides is 2. The highest BCUT2D eigenvalue weighted by Crippen LogP contribution is 2.38. The first-order valence-electron chi connectivity index (χ1n) is 10.1. The molecular weight excluding hydrogens is 415 g/mol. The maximum Gasteiger partial charge on any atom is 0.416 e. The Morgan fingerprint density at radius 1 is 1.29 bits per heavy atom. The second-order valence-corrected chi connectivity index (χ2v) is 8.08. The summed E-state index contributed by atoms with van der Waals surface area (Å²) in [6.07, 6.45) is -2.80. The van der Waals surface area contributed by atoms with Crippen LogP contribution in [0.15, 0.2) is 24.3 Å². The third kappa shape index (κ3) is 6.76. The van der Waals surface area contributed by atoms with Crippen LogP contribution in [0.3, 0.4) is 0 Å². The summed E-state index contributed by atoms with van der Waals surface area (Å²) in [5.74, 6) is -1.35. The standard InChI is InChI=1S/C21H28F3N3O4/c1-13(9-17(25)20(12-28)7-5-16(29)6-8-20)27-18(30)11-26-19(31)14-3-2-4-15(10-14)21(22,23)24/h2-4,10,13,16,25,28-29H,5-9,11-12H2,1H3,(H,26,31)(H,27,30)/t13-,16?,20?/m1/s1. The topological polar surface area (TPSA) is 123 Å². The van der Waals surface area contributed by atoms with Gasteiger partial charge in [-0.2, -0.15) is 13.2 Å². The third-order valence-electron chi connectivity index (χ3n) is 5.63. The zero-order valence-corrected chi connectivity index (χ0v) is 17.3. The van der Waals surface area contributed by atoms with Crippen LogP contribution in [-0.4, -0.2) is 53.0 Å². The highest BCUT2D eigenvalue weighted by atomic mass is 19.4. The van der Waals surface area contributed by atoms with Crippen molar-refractivity contribution in [3.63, 3.8) is 0 Å². The molecule has 0 radical (unpaired) electrons. The second-order valence-electron chi connectivity index (χ2n) is 8.08. The Balaban J connectivity index is 1.84. The van der Waals surface area contributed by atoms with Crippen molar-refractivity contribution in [2.75, 3.05) is 13.2 Å². The first kappa shape index (κ1) is 24.8. The molecule has 2 rings (SSSR count). The fourth-order valence-corrected chi connectivity index (χ4v) is 3.71. The molecule has 2 amide bonds. The molecule has 5 N–H and O–H groups in total. The molecule has 1 atom stereocenters. The van der Waals surface area contributed by atoms with Gasteiger partial charge in [0, 0.05) is 29.2 Å². The van der Waals surface area contributed by atoms with Crippen LogP contribution in [0.1, 0.15) is 54.9 Å². The van der Waals surface area contributed by atoms with Gasteiger partial charge in [-0.05, 0) is 50.8 Å². The van der Waals surface area contributed by atoms with Crippen LogP contribution in [0.5, 0.6) is 0 Å². The van der Waals surface area contributed by atoms with Crippen LogP contribution < -0.4 is 10.6 Å². The monoisotopic (exact) mass is 443 g/mol. The van der Waals surface area contributed by atoms with Gasteiger partial charge in [0.2, 0.25) is 5.91 Å². The van der Waals surface area contributed by atoms with Gasteiger partial charge in [0.1, 0.15) is 0 Å². The number of hydrogen-bond donors (Lipinski definition) is 5. The van der Waals surface area contributed by atoms with E-state index < -0.39 is 47.7 Å². The van der Waals surface area contributed by atoms with E-state index in [-0.39, 0.29) is 18.6 Å². The molecule has 0 heterocycles. The van der Waals surface area contributed by atoms with Gasteiger partial charge in [-0.15, -0.1) is 0 Å². The lowest BCUT2D eigenvalue weighted by atomic mass is 9.69. The summed E-state index contributed by atoms with van der Waals surface area (Å²) in [4.78, 5) is 24.2. The van der Waals surface area contributed by atoms with E-state index in [0.717, 1.165) is 12.1 Å². The molecule has 1 aromatic carbocycles. The van der Waals surface area contributed by atoms with E-state index in [1.807, 2.05) is 0 Å². The fourth-order valence-electron chi connectivity index (χ4n) is 3.71. The van der Waals surface area contributed by atoms with Crippen molar-refractivity contribution in [2.24, 2.45) is 5.41 Å². The molecule has 1 fully saturated rings. The summed E-state index contributed by atoms with van der Waals surface area (Å²) in [6.45, 7) is 1.06. The van der Waals surface area contributed by atoms with Crippen LogP contribution in [0, 0.1) is 10.8 Å². The Hall–Kier alpha value is -2.46. The molecule has 0 spiro atoms. The number of rotatable bonds is 8.